The van der Waals surface area contributed by atoms with Crippen molar-refractivity contribution in [3.63, 3.8) is 0 Å². The summed E-state index contributed by atoms with van der Waals surface area (Å²) < 4.78 is 14.3. The summed E-state index contributed by atoms with van der Waals surface area (Å²) in [6.07, 6.45) is 3.07. The van der Waals surface area contributed by atoms with Crippen LogP contribution in [0.15, 0.2) is 6.07 Å². The van der Waals surface area contributed by atoms with Gasteiger partial charge in [0.25, 0.3) is 11.8 Å². The molecule has 2 fully saturated rings. The molecule has 2 amide bonds. The topological polar surface area (TPSA) is 78.1 Å². The van der Waals surface area contributed by atoms with Crippen molar-refractivity contribution >= 4 is 11.8 Å². The molecule has 1 aromatic heterocycles. The molecule has 0 bridgehead atoms. The number of hydrogen-bond donors (Lipinski definition) is 2. The first-order valence-electron chi connectivity index (χ1n) is 9.21. The van der Waals surface area contributed by atoms with Crippen molar-refractivity contribution in [3.05, 3.63) is 17.5 Å². The minimum absolute atomic E-state index is 0.0899. The molecule has 3 rings (SSSR count). The fraction of sp³-hybridized carbons (Fsp3) is 0.722. The summed E-state index contributed by atoms with van der Waals surface area (Å²) in [5.41, 5.74) is 1.19. The molecular formula is C18H27FN4O2. The number of nitrogens with zero attached hydrogens (tertiary/aromatic N) is 2. The van der Waals surface area contributed by atoms with E-state index in [1.165, 1.54) is 0 Å². The molecule has 1 saturated carbocycles. The second-order valence-electron chi connectivity index (χ2n) is 7.48. The summed E-state index contributed by atoms with van der Waals surface area (Å²) in [4.78, 5) is 26.3. The third-order valence-electron chi connectivity index (χ3n) is 5.57. The molecule has 0 radical (unpaired) electrons. The third kappa shape index (κ3) is 4.02. The van der Waals surface area contributed by atoms with Gasteiger partial charge in [-0.15, -0.1) is 0 Å². The zero-order chi connectivity index (χ0) is 18.0. The highest BCUT2D eigenvalue weighted by Crippen LogP contribution is 2.33. The molecule has 1 aliphatic heterocycles. The highest BCUT2D eigenvalue weighted by atomic mass is 19.1. The van der Waals surface area contributed by atoms with E-state index in [9.17, 15) is 14.0 Å². The van der Waals surface area contributed by atoms with Crippen LogP contribution in [0.1, 0.15) is 55.2 Å². The molecule has 6 nitrogen and oxygen atoms in total. The second-order valence-corrected chi connectivity index (χ2v) is 7.48. The van der Waals surface area contributed by atoms with Gasteiger partial charge in [-0.1, -0.05) is 6.42 Å². The maximum absolute atomic E-state index is 14.3. The van der Waals surface area contributed by atoms with Crippen molar-refractivity contribution in [1.29, 1.82) is 0 Å². The Morgan fingerprint density at radius 2 is 2.04 bits per heavy atom. The third-order valence-corrected chi connectivity index (χ3v) is 5.57. The number of alkyl halides is 1. The standard InChI is InChI=1S/C18H27FN4O2/c1-11-9-15(22-21-11)17(24)20-12(2)14-7-4-8-23(10-14)18(25)16(19)13-5-3-6-13/h9,12-14,16H,3-8,10H2,1-2H3,(H,20,24)(H,21,22). The lowest BCUT2D eigenvalue weighted by Gasteiger charge is -2.38. The number of amides is 2. The van der Waals surface area contributed by atoms with E-state index in [1.54, 1.807) is 11.0 Å². The molecule has 3 atom stereocenters. The SMILES string of the molecule is Cc1cc(C(=O)NC(C)C2CCCN(C(=O)C(F)C3CCC3)C2)n[nH]1. The number of nitrogens with one attached hydrogen (secondary N) is 2. The monoisotopic (exact) mass is 350 g/mol. The maximum Gasteiger partial charge on any atom is 0.271 e. The van der Waals surface area contributed by atoms with E-state index in [0.717, 1.165) is 37.8 Å². The van der Waals surface area contributed by atoms with Gasteiger partial charge in [-0.3, -0.25) is 14.7 Å². The normalized spacial score (nSPS) is 23.6. The fourth-order valence-electron chi connectivity index (χ4n) is 3.66. The van der Waals surface area contributed by atoms with Crippen LogP contribution in [-0.2, 0) is 4.79 Å². The minimum Gasteiger partial charge on any atom is -0.348 e. The Morgan fingerprint density at radius 1 is 1.32 bits per heavy atom. The molecule has 0 spiro atoms. The number of likely N-dealkylation sites (tertiary alicyclic amines) is 1. The Bertz CT molecular complexity index is 628. The maximum atomic E-state index is 14.3. The number of rotatable bonds is 5. The Hall–Kier alpha value is -1.92. The summed E-state index contributed by atoms with van der Waals surface area (Å²) in [6, 6.07) is 1.60. The van der Waals surface area contributed by atoms with Crippen LogP contribution in [0, 0.1) is 18.8 Å². The van der Waals surface area contributed by atoms with Gasteiger partial charge in [-0.05, 0) is 57.4 Å². The molecular weight excluding hydrogens is 323 g/mol. The zero-order valence-corrected chi connectivity index (χ0v) is 14.9. The van der Waals surface area contributed by atoms with Crippen LogP contribution in [0.2, 0.25) is 0 Å². The van der Waals surface area contributed by atoms with E-state index in [2.05, 4.69) is 15.5 Å². The number of carbonyl (C=O) groups excluding carboxylic acids is 2. The summed E-state index contributed by atoms with van der Waals surface area (Å²) >= 11 is 0. The van der Waals surface area contributed by atoms with Crippen LogP contribution >= 0.6 is 0 Å². The van der Waals surface area contributed by atoms with Crippen LogP contribution in [0.25, 0.3) is 0 Å². The Kier molecular flexibility index (Phi) is 5.39. The first kappa shape index (κ1) is 17.9. The van der Waals surface area contributed by atoms with Crippen molar-refractivity contribution in [2.45, 2.75) is 58.2 Å². The Morgan fingerprint density at radius 3 is 2.64 bits per heavy atom. The van der Waals surface area contributed by atoms with Gasteiger partial charge < -0.3 is 10.2 Å². The number of piperidine rings is 1. The molecule has 138 valence electrons. The van der Waals surface area contributed by atoms with E-state index in [1.807, 2.05) is 13.8 Å². The van der Waals surface area contributed by atoms with Gasteiger partial charge in [0.05, 0.1) is 0 Å². The van der Waals surface area contributed by atoms with Gasteiger partial charge in [0.1, 0.15) is 5.69 Å². The predicted octanol–water partition coefficient (Wildman–Crippen LogP) is 2.21. The Labute approximate surface area is 147 Å². The van der Waals surface area contributed by atoms with E-state index in [-0.39, 0.29) is 29.7 Å². The second kappa shape index (κ2) is 7.54. The van der Waals surface area contributed by atoms with Crippen molar-refractivity contribution in [3.8, 4) is 0 Å². The lowest BCUT2D eigenvalue weighted by molar-refractivity contribution is -0.141. The van der Waals surface area contributed by atoms with Crippen molar-refractivity contribution < 1.29 is 14.0 Å². The van der Waals surface area contributed by atoms with Crippen LogP contribution in [0.5, 0.6) is 0 Å². The lowest BCUT2D eigenvalue weighted by atomic mass is 9.81. The number of aromatic nitrogens is 2. The number of aryl methyl sites for hydroxylation is 1. The van der Waals surface area contributed by atoms with Gasteiger partial charge in [0.2, 0.25) is 0 Å². The summed E-state index contributed by atoms with van der Waals surface area (Å²) in [5, 5.41) is 9.68. The first-order chi connectivity index (χ1) is 12.0. The van der Waals surface area contributed by atoms with E-state index in [4.69, 9.17) is 0 Å². The fourth-order valence-corrected chi connectivity index (χ4v) is 3.66. The van der Waals surface area contributed by atoms with Crippen LogP contribution in [0.4, 0.5) is 4.39 Å². The summed E-state index contributed by atoms with van der Waals surface area (Å²) in [5.74, 6) is -0.544. The molecule has 7 heteroatoms. The van der Waals surface area contributed by atoms with Crippen molar-refractivity contribution in [2.24, 2.45) is 11.8 Å². The van der Waals surface area contributed by atoms with E-state index >= 15 is 0 Å². The molecule has 1 aromatic rings. The molecule has 25 heavy (non-hydrogen) atoms. The molecule has 0 aromatic carbocycles. The molecule has 2 heterocycles. The largest absolute Gasteiger partial charge is 0.348 e. The number of halogens is 1. The van der Waals surface area contributed by atoms with Gasteiger partial charge in [0.15, 0.2) is 6.17 Å². The predicted molar refractivity (Wildman–Crippen MR) is 91.8 cm³/mol. The average molecular weight is 350 g/mol. The first-order valence-corrected chi connectivity index (χ1v) is 9.21. The van der Waals surface area contributed by atoms with E-state index < -0.39 is 6.17 Å². The summed E-state index contributed by atoms with van der Waals surface area (Å²) in [7, 11) is 0. The molecule has 2 aliphatic rings. The minimum atomic E-state index is -1.36. The molecule has 1 aliphatic carbocycles. The lowest BCUT2D eigenvalue weighted by Crippen LogP contribution is -2.51. The molecule has 1 saturated heterocycles. The quantitative estimate of drug-likeness (QED) is 0.855. The zero-order valence-electron chi connectivity index (χ0n) is 14.9. The number of H-pyrrole nitrogens is 1. The number of aromatic amines is 1. The molecule has 2 N–H and O–H groups in total. The molecule has 3 unspecified atom stereocenters. The van der Waals surface area contributed by atoms with Crippen LogP contribution in [-0.4, -0.2) is 52.2 Å². The highest BCUT2D eigenvalue weighted by Gasteiger charge is 2.37. The van der Waals surface area contributed by atoms with Crippen LogP contribution in [0.3, 0.4) is 0 Å². The van der Waals surface area contributed by atoms with Gasteiger partial charge in [0, 0.05) is 24.8 Å². The van der Waals surface area contributed by atoms with Gasteiger partial charge in [-0.2, -0.15) is 5.10 Å². The van der Waals surface area contributed by atoms with Crippen molar-refractivity contribution in [2.75, 3.05) is 13.1 Å². The number of hydrogen-bond acceptors (Lipinski definition) is 3. The van der Waals surface area contributed by atoms with E-state index in [0.29, 0.717) is 18.8 Å². The smallest absolute Gasteiger partial charge is 0.271 e. The highest BCUT2D eigenvalue weighted by molar-refractivity contribution is 5.92. The summed E-state index contributed by atoms with van der Waals surface area (Å²) in [6.45, 7) is 4.90. The average Bonchev–Trinajstić information content (AvgIpc) is 2.99. The van der Waals surface area contributed by atoms with Crippen molar-refractivity contribution in [1.82, 2.24) is 20.4 Å². The number of carbonyl (C=O) groups is 2. The Balaban J connectivity index is 1.54. The van der Waals surface area contributed by atoms with Gasteiger partial charge in [-0.25, -0.2) is 4.39 Å². The van der Waals surface area contributed by atoms with Crippen LogP contribution < -0.4 is 5.32 Å². The van der Waals surface area contributed by atoms with Gasteiger partial charge >= 0.3 is 0 Å².